The smallest absolute Gasteiger partial charge is 0.254 e. The summed E-state index contributed by atoms with van der Waals surface area (Å²) < 4.78 is 5.45. The fraction of sp³-hybridized carbons (Fsp3) is 0.292. The first-order chi connectivity index (χ1) is 28.9. The van der Waals surface area contributed by atoms with Crippen molar-refractivity contribution in [3.8, 4) is 40.5 Å². The lowest BCUT2D eigenvalue weighted by Gasteiger charge is -2.40. The lowest BCUT2D eigenvalue weighted by atomic mass is 9.89. The Bertz CT molecular complexity index is 2630. The molecule has 2 saturated heterocycles. The molecule has 304 valence electrons. The van der Waals surface area contributed by atoms with Crippen molar-refractivity contribution >= 4 is 11.8 Å². The molecule has 0 atom stereocenters. The van der Waals surface area contributed by atoms with Gasteiger partial charge in [0.2, 0.25) is 5.88 Å². The molecule has 6 aromatic rings. The molecule has 2 aliphatic heterocycles. The molecule has 0 spiro atoms. The maximum Gasteiger partial charge on any atom is 0.254 e. The van der Waals surface area contributed by atoms with Gasteiger partial charge in [-0.15, -0.1) is 5.10 Å². The van der Waals surface area contributed by atoms with Gasteiger partial charge in [-0.2, -0.15) is 15.6 Å². The highest BCUT2D eigenvalue weighted by atomic mass is 16.5. The lowest BCUT2D eigenvalue weighted by molar-refractivity contribution is 0.0595. The van der Waals surface area contributed by atoms with Crippen LogP contribution in [0, 0.1) is 64.2 Å². The Hall–Kier alpha value is -7.02. The number of aryl methyl sites for hydroxylation is 4. The van der Waals surface area contributed by atoms with Crippen LogP contribution in [0.1, 0.15) is 88.3 Å². The molecular formula is C48H48N8O4. The number of nitrogens with one attached hydrogen (secondary N) is 2. The number of aliphatic hydroxyl groups is 1. The first-order valence-corrected chi connectivity index (χ1v) is 20.0. The van der Waals surface area contributed by atoms with Crippen LogP contribution >= 0.6 is 0 Å². The van der Waals surface area contributed by atoms with Crippen LogP contribution in [-0.4, -0.2) is 86.5 Å². The number of rotatable bonds is 9. The van der Waals surface area contributed by atoms with Crippen LogP contribution in [0.4, 0.5) is 0 Å². The molecule has 2 amide bonds. The number of hydrogen-bond donors (Lipinski definition) is 3. The van der Waals surface area contributed by atoms with Gasteiger partial charge in [-0.3, -0.25) is 19.8 Å². The predicted octanol–water partition coefficient (Wildman–Crippen LogP) is 7.60. The van der Waals surface area contributed by atoms with E-state index in [0.29, 0.717) is 60.6 Å². The van der Waals surface area contributed by atoms with E-state index < -0.39 is 0 Å². The zero-order chi connectivity index (χ0) is 42.7. The number of amides is 2. The molecule has 2 fully saturated rings. The molecule has 60 heavy (non-hydrogen) atoms. The molecule has 2 aromatic heterocycles. The number of hydrogen-bond acceptors (Lipinski definition) is 8. The first-order valence-electron chi connectivity index (χ1n) is 20.0. The molecule has 8 rings (SSSR count). The average molecular weight is 801 g/mol. The summed E-state index contributed by atoms with van der Waals surface area (Å²) >= 11 is 0. The molecular weight excluding hydrogens is 753 g/mol. The molecule has 0 unspecified atom stereocenters. The molecule has 12 nitrogen and oxygen atoms in total. The van der Waals surface area contributed by atoms with Gasteiger partial charge in [-0.05, 0) is 117 Å². The van der Waals surface area contributed by atoms with Gasteiger partial charge in [0.25, 0.3) is 11.8 Å². The predicted molar refractivity (Wildman–Crippen MR) is 229 cm³/mol. The highest BCUT2D eigenvalue weighted by molar-refractivity contribution is 5.98. The standard InChI is InChI=1S/C24H24N4O3.C24H24N4O/c1-15-3-6-19(11-21(15)22-16(2)23(27-26-22)31-10-9-29)24(30)28-13-20(14-28)18-7-4-17(12-25)5-8-18;1-14-9-15(2)22(10-21(14)23-16(3)17(4)26-27-23)24(29)28-12-20(13-28)19-7-5-18(11-25)6-8-19/h3-8,11,20,29H,9-10,13-14H2,1-2H3,(H,26,27);5-10,20H,12-13H2,1-4H3,(H,26,27). The Morgan fingerprint density at radius 3 is 1.82 bits per heavy atom. The molecule has 4 aromatic carbocycles. The number of benzene rings is 4. The highest BCUT2D eigenvalue weighted by Gasteiger charge is 2.34. The molecule has 4 heterocycles. The van der Waals surface area contributed by atoms with Crippen molar-refractivity contribution in [3.05, 3.63) is 146 Å². The van der Waals surface area contributed by atoms with Gasteiger partial charge in [0.05, 0.1) is 41.3 Å². The van der Waals surface area contributed by atoms with Crippen molar-refractivity contribution in [1.29, 1.82) is 10.5 Å². The fourth-order valence-corrected chi connectivity index (χ4v) is 7.76. The van der Waals surface area contributed by atoms with Crippen molar-refractivity contribution in [1.82, 2.24) is 30.2 Å². The van der Waals surface area contributed by atoms with E-state index in [9.17, 15) is 9.59 Å². The number of nitriles is 2. The number of ether oxygens (including phenoxy) is 1. The maximum atomic E-state index is 13.2. The van der Waals surface area contributed by atoms with Crippen LogP contribution in [0.3, 0.4) is 0 Å². The maximum absolute atomic E-state index is 13.2. The number of aromatic amines is 2. The van der Waals surface area contributed by atoms with Crippen LogP contribution in [-0.2, 0) is 0 Å². The van der Waals surface area contributed by atoms with Gasteiger partial charge in [-0.1, -0.05) is 36.4 Å². The van der Waals surface area contributed by atoms with Gasteiger partial charge in [-0.25, -0.2) is 0 Å². The molecule has 12 heteroatoms. The second-order valence-electron chi connectivity index (χ2n) is 15.7. The van der Waals surface area contributed by atoms with E-state index in [-0.39, 0.29) is 25.0 Å². The fourth-order valence-electron chi connectivity index (χ4n) is 7.76. The average Bonchev–Trinajstić information content (AvgIpc) is 3.75. The Balaban J connectivity index is 0.000000182. The normalized spacial score (nSPS) is 13.7. The Morgan fingerprint density at radius 1 is 0.700 bits per heavy atom. The van der Waals surface area contributed by atoms with Crippen LogP contribution in [0.5, 0.6) is 5.88 Å². The zero-order valence-corrected chi connectivity index (χ0v) is 34.8. The number of likely N-dealkylation sites (tertiary alicyclic amines) is 2. The Morgan fingerprint density at radius 2 is 1.28 bits per heavy atom. The number of H-pyrrole nitrogens is 2. The minimum absolute atomic E-state index is 0.0000624. The number of aliphatic hydroxyl groups excluding tert-OH is 1. The summed E-state index contributed by atoms with van der Waals surface area (Å²) in [7, 11) is 0. The number of carbonyl (C=O) groups excluding carboxylic acids is 2. The van der Waals surface area contributed by atoms with Crippen molar-refractivity contribution in [2.45, 2.75) is 53.4 Å². The minimum Gasteiger partial charge on any atom is -0.474 e. The van der Waals surface area contributed by atoms with Crippen LogP contribution in [0.2, 0.25) is 0 Å². The largest absolute Gasteiger partial charge is 0.474 e. The van der Waals surface area contributed by atoms with Crippen molar-refractivity contribution in [2.24, 2.45) is 0 Å². The van der Waals surface area contributed by atoms with Crippen LogP contribution in [0.15, 0.2) is 78.9 Å². The molecule has 0 radical (unpaired) electrons. The second-order valence-corrected chi connectivity index (χ2v) is 15.7. The first kappa shape index (κ1) is 41.2. The van der Waals surface area contributed by atoms with E-state index in [0.717, 1.165) is 67.2 Å². The highest BCUT2D eigenvalue weighted by Crippen LogP contribution is 2.35. The van der Waals surface area contributed by atoms with Crippen LogP contribution in [0.25, 0.3) is 22.5 Å². The monoisotopic (exact) mass is 800 g/mol. The second kappa shape index (κ2) is 17.5. The lowest BCUT2D eigenvalue weighted by Crippen LogP contribution is -2.48. The van der Waals surface area contributed by atoms with Gasteiger partial charge in [0.15, 0.2) is 0 Å². The number of nitrogens with zero attached hydrogens (tertiary/aromatic N) is 6. The minimum atomic E-state index is -0.0794. The quantitative estimate of drug-likeness (QED) is 0.134. The van der Waals surface area contributed by atoms with Gasteiger partial charge < -0.3 is 19.6 Å². The Kier molecular flexibility index (Phi) is 12.0. The third kappa shape index (κ3) is 8.28. The summed E-state index contributed by atoms with van der Waals surface area (Å²) in [6.45, 7) is 14.8. The SMILES string of the molecule is Cc1cc(C)c(-c2n[nH]c(C)c2C)cc1C(=O)N1CC(c2ccc(C#N)cc2)C1.Cc1ccc(C(=O)N2CC(c3ccc(C#N)cc3)C2)cc1-c1[nH]nc(OCCO)c1C. The van der Waals surface area contributed by atoms with E-state index >= 15 is 0 Å². The molecule has 2 aliphatic rings. The van der Waals surface area contributed by atoms with E-state index in [1.807, 2.05) is 117 Å². The summed E-state index contributed by atoms with van der Waals surface area (Å²) in [5, 5.41) is 41.5. The molecule has 0 saturated carbocycles. The summed E-state index contributed by atoms with van der Waals surface area (Å²) in [4.78, 5) is 29.9. The topological polar surface area (TPSA) is 175 Å². The number of carbonyl (C=O) groups is 2. The van der Waals surface area contributed by atoms with Crippen LogP contribution < -0.4 is 4.74 Å². The third-order valence-electron chi connectivity index (χ3n) is 11.7. The van der Waals surface area contributed by atoms with E-state index in [1.165, 1.54) is 5.56 Å². The van der Waals surface area contributed by atoms with Gasteiger partial charge in [0.1, 0.15) is 6.61 Å². The summed E-state index contributed by atoms with van der Waals surface area (Å²) in [6, 6.07) is 29.2. The van der Waals surface area contributed by atoms with Gasteiger partial charge in [0, 0.05) is 71.5 Å². The molecule has 3 N–H and O–H groups in total. The van der Waals surface area contributed by atoms with E-state index in [1.54, 1.807) is 0 Å². The molecule has 0 aliphatic carbocycles. The summed E-state index contributed by atoms with van der Waals surface area (Å²) in [6.07, 6.45) is 0. The number of aromatic nitrogens is 4. The van der Waals surface area contributed by atoms with E-state index in [4.69, 9.17) is 20.4 Å². The summed E-state index contributed by atoms with van der Waals surface area (Å²) in [5.41, 5.74) is 14.7. The van der Waals surface area contributed by atoms with Crippen molar-refractivity contribution < 1.29 is 19.4 Å². The third-order valence-corrected chi connectivity index (χ3v) is 11.7. The zero-order valence-electron chi connectivity index (χ0n) is 34.8. The van der Waals surface area contributed by atoms with Crippen molar-refractivity contribution in [3.63, 3.8) is 0 Å². The van der Waals surface area contributed by atoms with Crippen molar-refractivity contribution in [2.75, 3.05) is 39.4 Å². The van der Waals surface area contributed by atoms with E-state index in [2.05, 4.69) is 45.5 Å². The summed E-state index contributed by atoms with van der Waals surface area (Å²) in [5.74, 6) is 1.14. The van der Waals surface area contributed by atoms with Gasteiger partial charge >= 0.3 is 0 Å². The Labute approximate surface area is 350 Å². The molecule has 0 bridgehead atoms.